The van der Waals surface area contributed by atoms with Gasteiger partial charge >= 0.3 is 6.18 Å². The highest BCUT2D eigenvalue weighted by molar-refractivity contribution is 4.96. The first-order chi connectivity index (χ1) is 8.86. The molecule has 19 heavy (non-hydrogen) atoms. The van der Waals surface area contributed by atoms with E-state index >= 15 is 0 Å². The second-order valence-electron chi connectivity index (χ2n) is 5.65. The monoisotopic (exact) mass is 280 g/mol. The molecule has 0 spiro atoms. The van der Waals surface area contributed by atoms with Crippen LogP contribution in [0, 0.1) is 0 Å². The Morgan fingerprint density at radius 1 is 1.21 bits per heavy atom. The van der Waals surface area contributed by atoms with E-state index in [0.29, 0.717) is 0 Å². The predicted molar refractivity (Wildman–Crippen MR) is 72.3 cm³/mol. The molecular formula is C14H27F3N2. The van der Waals surface area contributed by atoms with Gasteiger partial charge in [-0.15, -0.1) is 0 Å². The van der Waals surface area contributed by atoms with Crippen molar-refractivity contribution >= 4 is 0 Å². The van der Waals surface area contributed by atoms with Crippen LogP contribution in [0.15, 0.2) is 0 Å². The highest BCUT2D eigenvalue weighted by atomic mass is 19.4. The van der Waals surface area contributed by atoms with Crippen molar-refractivity contribution in [2.75, 3.05) is 19.6 Å². The Hall–Kier alpha value is -0.290. The Morgan fingerprint density at radius 3 is 2.32 bits per heavy atom. The van der Waals surface area contributed by atoms with E-state index in [0.717, 1.165) is 38.8 Å². The zero-order chi connectivity index (χ0) is 14.5. The SMILES string of the molecule is CCCC1CNC(CC)(CC)CN1CCC(F)(F)F. The third-order valence-electron chi connectivity index (χ3n) is 4.39. The minimum atomic E-state index is -4.05. The molecule has 0 aromatic rings. The van der Waals surface area contributed by atoms with E-state index in [9.17, 15) is 13.2 Å². The molecule has 1 aliphatic rings. The molecule has 0 aliphatic carbocycles. The molecule has 1 rings (SSSR count). The summed E-state index contributed by atoms with van der Waals surface area (Å²) in [4.78, 5) is 2.06. The summed E-state index contributed by atoms with van der Waals surface area (Å²) in [7, 11) is 0. The fourth-order valence-corrected chi connectivity index (χ4v) is 2.91. The molecule has 1 unspecified atom stereocenters. The largest absolute Gasteiger partial charge is 0.390 e. The van der Waals surface area contributed by atoms with Crippen LogP contribution in [0.1, 0.15) is 52.9 Å². The number of halogens is 3. The summed E-state index contributed by atoms with van der Waals surface area (Å²) in [5.74, 6) is 0. The first-order valence-corrected chi connectivity index (χ1v) is 7.41. The second-order valence-corrected chi connectivity index (χ2v) is 5.65. The van der Waals surface area contributed by atoms with Gasteiger partial charge in [0.1, 0.15) is 0 Å². The van der Waals surface area contributed by atoms with Crippen LogP contribution in [0.4, 0.5) is 13.2 Å². The third-order valence-corrected chi connectivity index (χ3v) is 4.39. The minimum Gasteiger partial charge on any atom is -0.308 e. The lowest BCUT2D eigenvalue weighted by Crippen LogP contribution is -2.64. The number of hydrogen-bond donors (Lipinski definition) is 1. The van der Waals surface area contributed by atoms with Crippen LogP contribution in [0.25, 0.3) is 0 Å². The highest BCUT2D eigenvalue weighted by Crippen LogP contribution is 2.27. The molecule has 0 aromatic carbocycles. The molecule has 5 heteroatoms. The van der Waals surface area contributed by atoms with Crippen LogP contribution in [-0.2, 0) is 0 Å². The molecule has 0 amide bonds. The van der Waals surface area contributed by atoms with Gasteiger partial charge in [-0.3, -0.25) is 4.90 Å². The number of alkyl halides is 3. The molecular weight excluding hydrogens is 253 g/mol. The Morgan fingerprint density at radius 2 is 1.84 bits per heavy atom. The van der Waals surface area contributed by atoms with Crippen LogP contribution in [0.5, 0.6) is 0 Å². The molecule has 0 saturated carbocycles. The van der Waals surface area contributed by atoms with Crippen molar-refractivity contribution in [1.82, 2.24) is 10.2 Å². The Labute approximate surface area is 114 Å². The number of rotatable bonds is 6. The van der Waals surface area contributed by atoms with Crippen molar-refractivity contribution in [1.29, 1.82) is 0 Å². The molecule has 1 fully saturated rings. The molecule has 1 saturated heterocycles. The van der Waals surface area contributed by atoms with Gasteiger partial charge in [0.05, 0.1) is 6.42 Å². The summed E-state index contributed by atoms with van der Waals surface area (Å²) < 4.78 is 37.3. The van der Waals surface area contributed by atoms with E-state index in [-0.39, 0.29) is 18.1 Å². The second kappa shape index (κ2) is 6.93. The van der Waals surface area contributed by atoms with Crippen molar-refractivity contribution in [2.45, 2.75) is 70.6 Å². The predicted octanol–water partition coefficient (Wildman–Crippen LogP) is 3.57. The van der Waals surface area contributed by atoms with Gasteiger partial charge in [-0.1, -0.05) is 27.2 Å². The maximum atomic E-state index is 12.4. The van der Waals surface area contributed by atoms with Crippen molar-refractivity contribution in [3.05, 3.63) is 0 Å². The fourth-order valence-electron chi connectivity index (χ4n) is 2.91. The van der Waals surface area contributed by atoms with Gasteiger partial charge in [0.25, 0.3) is 0 Å². The summed E-state index contributed by atoms with van der Waals surface area (Å²) in [6.45, 7) is 7.99. The van der Waals surface area contributed by atoms with Crippen LogP contribution in [0.2, 0.25) is 0 Å². The maximum Gasteiger partial charge on any atom is 0.390 e. The van der Waals surface area contributed by atoms with Gasteiger partial charge in [0.15, 0.2) is 0 Å². The summed E-state index contributed by atoms with van der Waals surface area (Å²) in [5.41, 5.74) is -0.00413. The van der Waals surface area contributed by atoms with Crippen molar-refractivity contribution in [2.24, 2.45) is 0 Å². The van der Waals surface area contributed by atoms with Crippen LogP contribution in [0.3, 0.4) is 0 Å². The van der Waals surface area contributed by atoms with Crippen LogP contribution < -0.4 is 5.32 Å². The lowest BCUT2D eigenvalue weighted by atomic mass is 9.87. The average Bonchev–Trinajstić information content (AvgIpc) is 2.37. The molecule has 0 bridgehead atoms. The zero-order valence-corrected chi connectivity index (χ0v) is 12.3. The van der Waals surface area contributed by atoms with E-state index in [1.807, 2.05) is 0 Å². The summed E-state index contributed by atoms with van der Waals surface area (Å²) in [6, 6.07) is 0.249. The molecule has 1 aliphatic heterocycles. The van der Waals surface area contributed by atoms with Gasteiger partial charge in [-0.25, -0.2) is 0 Å². The quantitative estimate of drug-likeness (QED) is 0.800. The van der Waals surface area contributed by atoms with Gasteiger partial charge < -0.3 is 5.32 Å². The van der Waals surface area contributed by atoms with Gasteiger partial charge in [-0.05, 0) is 19.3 Å². The summed E-state index contributed by atoms with van der Waals surface area (Å²) in [6.07, 6.45) is -0.844. The lowest BCUT2D eigenvalue weighted by Gasteiger charge is -2.47. The topological polar surface area (TPSA) is 15.3 Å². The van der Waals surface area contributed by atoms with Crippen molar-refractivity contribution in [3.63, 3.8) is 0 Å². The number of nitrogens with zero attached hydrogens (tertiary/aromatic N) is 1. The lowest BCUT2D eigenvalue weighted by molar-refractivity contribution is -0.141. The van der Waals surface area contributed by atoms with E-state index in [1.54, 1.807) is 0 Å². The molecule has 1 N–H and O–H groups in total. The van der Waals surface area contributed by atoms with E-state index in [1.165, 1.54) is 0 Å². The first-order valence-electron chi connectivity index (χ1n) is 7.41. The first kappa shape index (κ1) is 16.8. The Bertz CT molecular complexity index is 262. The van der Waals surface area contributed by atoms with Crippen molar-refractivity contribution in [3.8, 4) is 0 Å². The summed E-state index contributed by atoms with van der Waals surface area (Å²) in [5, 5.41) is 3.57. The third kappa shape index (κ3) is 4.95. The van der Waals surface area contributed by atoms with Gasteiger partial charge in [-0.2, -0.15) is 13.2 Å². The molecule has 0 aromatic heterocycles. The normalized spacial score (nSPS) is 24.6. The smallest absolute Gasteiger partial charge is 0.308 e. The van der Waals surface area contributed by atoms with Crippen LogP contribution in [-0.4, -0.2) is 42.3 Å². The van der Waals surface area contributed by atoms with E-state index < -0.39 is 12.6 Å². The Kier molecular flexibility index (Phi) is 6.12. The minimum absolute atomic E-state index is 0.00413. The molecule has 1 heterocycles. The Balaban J connectivity index is 2.67. The van der Waals surface area contributed by atoms with Crippen LogP contribution >= 0.6 is 0 Å². The number of nitrogens with one attached hydrogen (secondary N) is 1. The van der Waals surface area contributed by atoms with Gasteiger partial charge in [0, 0.05) is 31.2 Å². The summed E-state index contributed by atoms with van der Waals surface area (Å²) >= 11 is 0. The highest BCUT2D eigenvalue weighted by Gasteiger charge is 2.38. The fraction of sp³-hybridized carbons (Fsp3) is 1.00. The van der Waals surface area contributed by atoms with E-state index in [4.69, 9.17) is 0 Å². The average molecular weight is 280 g/mol. The number of piperazine rings is 1. The number of hydrogen-bond acceptors (Lipinski definition) is 2. The molecule has 2 nitrogen and oxygen atoms in total. The standard InChI is InChI=1S/C14H27F3N2/c1-4-7-12-10-18-13(5-2,6-3)11-19(12)9-8-14(15,16)17/h12,18H,4-11H2,1-3H3. The molecule has 114 valence electrons. The zero-order valence-electron chi connectivity index (χ0n) is 12.3. The van der Waals surface area contributed by atoms with E-state index in [2.05, 4.69) is 31.0 Å². The van der Waals surface area contributed by atoms with Gasteiger partial charge in [0.2, 0.25) is 0 Å². The molecule has 1 atom stereocenters. The van der Waals surface area contributed by atoms with Crippen molar-refractivity contribution < 1.29 is 13.2 Å². The molecule has 0 radical (unpaired) electrons. The maximum absolute atomic E-state index is 12.4.